The lowest BCUT2D eigenvalue weighted by atomic mass is 9.83. The van der Waals surface area contributed by atoms with Crippen LogP contribution >= 0.6 is 23.2 Å². The zero-order valence-corrected chi connectivity index (χ0v) is 26.3. The number of ether oxygens (including phenoxy) is 1. The van der Waals surface area contributed by atoms with Gasteiger partial charge in [-0.25, -0.2) is 8.78 Å². The zero-order valence-electron chi connectivity index (χ0n) is 24.8. The molecule has 1 fully saturated rings. The molecule has 0 saturated heterocycles. The number of hydrogen-bond donors (Lipinski definition) is 2. The first-order chi connectivity index (χ1) is 19.9. The molecule has 2 atom stereocenters. The van der Waals surface area contributed by atoms with Gasteiger partial charge in [-0.2, -0.15) is 0 Å². The van der Waals surface area contributed by atoms with Gasteiger partial charge in [0.25, 0.3) is 5.91 Å². The minimum absolute atomic E-state index is 0.168. The van der Waals surface area contributed by atoms with E-state index in [2.05, 4.69) is 31.4 Å². The fraction of sp³-hybridized carbons (Fsp3) is 0.394. The van der Waals surface area contributed by atoms with Gasteiger partial charge in [0.1, 0.15) is 17.4 Å². The van der Waals surface area contributed by atoms with Crippen LogP contribution in [0.4, 0.5) is 14.5 Å². The summed E-state index contributed by atoms with van der Waals surface area (Å²) in [5.74, 6) is 0.800. The summed E-state index contributed by atoms with van der Waals surface area (Å²) in [6.45, 7) is 9.24. The first-order valence-electron chi connectivity index (χ1n) is 13.9. The van der Waals surface area contributed by atoms with E-state index in [0.717, 1.165) is 24.3 Å². The summed E-state index contributed by atoms with van der Waals surface area (Å²) in [5, 5.41) is 5.60. The van der Waals surface area contributed by atoms with E-state index in [-0.39, 0.29) is 27.6 Å². The van der Waals surface area contributed by atoms with Crippen LogP contribution in [0.2, 0.25) is 10.0 Å². The van der Waals surface area contributed by atoms with Crippen LogP contribution in [0.5, 0.6) is 5.75 Å². The van der Waals surface area contributed by atoms with Crippen molar-refractivity contribution in [2.75, 3.05) is 19.0 Å². The molecule has 2 N–H and O–H groups in total. The molecule has 0 aromatic heterocycles. The Morgan fingerprint density at radius 1 is 1.02 bits per heavy atom. The normalized spacial score (nSPS) is 15.8. The maximum atomic E-state index is 14.0. The quantitative estimate of drug-likeness (QED) is 0.259. The Hall–Kier alpha value is -3.16. The number of hydrogen-bond acceptors (Lipinski definition) is 3. The summed E-state index contributed by atoms with van der Waals surface area (Å²) >= 11 is 11.2. The molecule has 5 nitrogen and oxygen atoms in total. The van der Waals surface area contributed by atoms with Gasteiger partial charge in [0, 0.05) is 12.1 Å². The molecule has 1 aliphatic carbocycles. The molecule has 4 rings (SSSR count). The van der Waals surface area contributed by atoms with Crippen LogP contribution in [0.1, 0.15) is 75.2 Å². The molecule has 2 unspecified atom stereocenters. The van der Waals surface area contributed by atoms with Crippen molar-refractivity contribution in [3.8, 4) is 5.75 Å². The van der Waals surface area contributed by atoms with Gasteiger partial charge >= 0.3 is 0 Å². The van der Waals surface area contributed by atoms with E-state index >= 15 is 0 Å². The highest BCUT2D eigenvalue weighted by molar-refractivity contribution is 6.31. The molecule has 228 valence electrons. The van der Waals surface area contributed by atoms with E-state index in [1.54, 1.807) is 36.4 Å². The highest BCUT2D eigenvalue weighted by Crippen LogP contribution is 2.44. The third-order valence-corrected chi connectivity index (χ3v) is 7.30. The predicted molar refractivity (Wildman–Crippen MR) is 168 cm³/mol. The van der Waals surface area contributed by atoms with E-state index in [9.17, 15) is 18.4 Å². The molecule has 0 bridgehead atoms. The molecule has 2 amide bonds. The van der Waals surface area contributed by atoms with Gasteiger partial charge in [-0.3, -0.25) is 9.59 Å². The van der Waals surface area contributed by atoms with Crippen molar-refractivity contribution in [3.05, 3.63) is 93.5 Å². The fourth-order valence-corrected chi connectivity index (χ4v) is 5.28. The first kappa shape index (κ1) is 35.0. The van der Waals surface area contributed by atoms with Crippen LogP contribution in [-0.4, -0.2) is 26.0 Å². The number of nitrogens with one attached hydrogen (secondary N) is 2. The molecule has 1 aliphatic rings. The SMILES string of the molecule is CC(C)(C)CC1CCC(c2cccc(Cl)c2F)C1.CCNC(=O)c1ccc(NC=O)c(OC)c1.Fc1ccccc1Cl. The summed E-state index contributed by atoms with van der Waals surface area (Å²) < 4.78 is 31.2. The van der Waals surface area contributed by atoms with Crippen molar-refractivity contribution in [2.24, 2.45) is 11.3 Å². The third kappa shape index (κ3) is 11.3. The van der Waals surface area contributed by atoms with Gasteiger partial charge in [-0.15, -0.1) is 0 Å². The number of carbonyl (C=O) groups is 2. The summed E-state index contributed by atoms with van der Waals surface area (Å²) in [6.07, 6.45) is 5.20. The minimum atomic E-state index is -0.367. The highest BCUT2D eigenvalue weighted by atomic mass is 35.5. The number of carbonyl (C=O) groups excluding carboxylic acids is 2. The lowest BCUT2D eigenvalue weighted by molar-refractivity contribution is -0.105. The number of amides is 2. The summed E-state index contributed by atoms with van der Waals surface area (Å²) in [6, 6.07) is 16.3. The number of methoxy groups -OCH3 is 1. The van der Waals surface area contributed by atoms with E-state index in [1.807, 2.05) is 19.1 Å². The van der Waals surface area contributed by atoms with Crippen LogP contribution in [0.3, 0.4) is 0 Å². The lowest BCUT2D eigenvalue weighted by Gasteiger charge is -2.23. The molecule has 3 aromatic carbocycles. The summed E-state index contributed by atoms with van der Waals surface area (Å²) in [5.41, 5.74) is 2.21. The molecule has 0 heterocycles. The Bertz CT molecular complexity index is 1290. The van der Waals surface area contributed by atoms with Gasteiger partial charge in [0.15, 0.2) is 0 Å². The zero-order chi connectivity index (χ0) is 31.3. The van der Waals surface area contributed by atoms with Crippen molar-refractivity contribution >= 4 is 41.2 Å². The molecule has 0 radical (unpaired) electrons. The maximum Gasteiger partial charge on any atom is 0.251 e. The Balaban J connectivity index is 0.000000235. The topological polar surface area (TPSA) is 67.4 Å². The van der Waals surface area contributed by atoms with Crippen molar-refractivity contribution in [2.45, 2.75) is 59.3 Å². The molecule has 3 aromatic rings. The second-order valence-electron chi connectivity index (χ2n) is 11.2. The Labute approximate surface area is 257 Å². The molecule has 0 spiro atoms. The predicted octanol–water partition coefficient (Wildman–Crippen LogP) is 9.29. The maximum absolute atomic E-state index is 14.0. The highest BCUT2D eigenvalue weighted by Gasteiger charge is 2.30. The van der Waals surface area contributed by atoms with Crippen LogP contribution in [0, 0.1) is 23.0 Å². The van der Waals surface area contributed by atoms with Gasteiger partial charge in [0.05, 0.1) is 22.8 Å². The molecular formula is C33H40Cl2F2N2O3. The standard InChI is InChI=1S/C16H22ClF.C11H14N2O3.C6H4ClF/c1-16(2,3)10-11-7-8-12(9-11)13-5-4-6-14(17)15(13)18;1-3-12-11(15)8-4-5-9(13-7-14)10(6-8)16-2;7-5-3-1-2-4-6(5)8/h4-6,11-12H,7-10H2,1-3H3;4-7H,3H2,1-2H3,(H,12,15)(H,13,14);1-4H. The Morgan fingerprint density at radius 2 is 1.71 bits per heavy atom. The second-order valence-corrected chi connectivity index (χ2v) is 12.0. The minimum Gasteiger partial charge on any atom is -0.495 e. The Kier molecular flexibility index (Phi) is 14.2. The van der Waals surface area contributed by atoms with Crippen LogP contribution in [0.25, 0.3) is 0 Å². The van der Waals surface area contributed by atoms with Crippen molar-refractivity contribution in [3.63, 3.8) is 0 Å². The van der Waals surface area contributed by atoms with Crippen LogP contribution < -0.4 is 15.4 Å². The van der Waals surface area contributed by atoms with E-state index < -0.39 is 0 Å². The molecule has 42 heavy (non-hydrogen) atoms. The summed E-state index contributed by atoms with van der Waals surface area (Å²) in [4.78, 5) is 21.8. The van der Waals surface area contributed by atoms with Crippen molar-refractivity contribution in [1.82, 2.24) is 5.32 Å². The number of halogens is 4. The largest absolute Gasteiger partial charge is 0.495 e. The Morgan fingerprint density at radius 3 is 2.29 bits per heavy atom. The fourth-order valence-electron chi connectivity index (χ4n) is 4.96. The smallest absolute Gasteiger partial charge is 0.251 e. The number of anilines is 1. The van der Waals surface area contributed by atoms with Gasteiger partial charge in [0.2, 0.25) is 6.41 Å². The first-order valence-corrected chi connectivity index (χ1v) is 14.7. The van der Waals surface area contributed by atoms with Crippen LogP contribution in [-0.2, 0) is 4.79 Å². The van der Waals surface area contributed by atoms with Gasteiger partial charge in [-0.1, -0.05) is 68.2 Å². The molecule has 0 aliphatic heterocycles. The summed E-state index contributed by atoms with van der Waals surface area (Å²) in [7, 11) is 1.48. The van der Waals surface area contributed by atoms with Crippen molar-refractivity contribution in [1.29, 1.82) is 0 Å². The second kappa shape index (κ2) is 17.1. The number of rotatable bonds is 7. The van der Waals surface area contributed by atoms with Gasteiger partial charge in [-0.05, 0) is 91.8 Å². The van der Waals surface area contributed by atoms with E-state index in [4.69, 9.17) is 27.9 Å². The molecule has 1 saturated carbocycles. The van der Waals surface area contributed by atoms with Gasteiger partial charge < -0.3 is 15.4 Å². The van der Waals surface area contributed by atoms with Crippen molar-refractivity contribution < 1.29 is 23.1 Å². The monoisotopic (exact) mass is 620 g/mol. The van der Waals surface area contributed by atoms with Crippen LogP contribution in [0.15, 0.2) is 60.7 Å². The average Bonchev–Trinajstić information content (AvgIpc) is 3.39. The molecule has 9 heteroatoms. The van der Waals surface area contributed by atoms with E-state index in [0.29, 0.717) is 41.3 Å². The lowest BCUT2D eigenvalue weighted by Crippen LogP contribution is -2.22. The average molecular weight is 622 g/mol. The molecular weight excluding hydrogens is 581 g/mol. The van der Waals surface area contributed by atoms with E-state index in [1.165, 1.54) is 32.1 Å². The number of benzene rings is 3. The third-order valence-electron chi connectivity index (χ3n) is 6.70.